The average Bonchev–Trinajstić information content (AvgIpc) is 3.27. The van der Waals surface area contributed by atoms with Crippen LogP contribution >= 0.6 is 11.6 Å². The van der Waals surface area contributed by atoms with E-state index in [0.29, 0.717) is 34.1 Å². The van der Waals surface area contributed by atoms with Gasteiger partial charge in [-0.15, -0.1) is 0 Å². The van der Waals surface area contributed by atoms with Crippen LogP contribution in [0.15, 0.2) is 65.3 Å². The first-order valence-electron chi connectivity index (χ1n) is 10.6. The van der Waals surface area contributed by atoms with Gasteiger partial charge in [0.2, 0.25) is 5.91 Å². The normalized spacial score (nSPS) is 11.4. The number of allylic oxidation sites excluding steroid dienone is 1. The fourth-order valence-corrected chi connectivity index (χ4v) is 3.97. The van der Waals surface area contributed by atoms with E-state index in [1.807, 2.05) is 24.3 Å². The van der Waals surface area contributed by atoms with Gasteiger partial charge in [-0.1, -0.05) is 17.7 Å². The van der Waals surface area contributed by atoms with E-state index in [4.69, 9.17) is 30.2 Å². The summed E-state index contributed by atoms with van der Waals surface area (Å²) in [6, 6.07) is 13.3. The molecule has 1 amide bonds. The van der Waals surface area contributed by atoms with Gasteiger partial charge in [0.15, 0.2) is 11.5 Å². The molecule has 0 saturated heterocycles. The van der Waals surface area contributed by atoms with Gasteiger partial charge in [-0.3, -0.25) is 4.79 Å². The number of rotatable bonds is 7. The minimum Gasteiger partial charge on any atom is -0.496 e. The van der Waals surface area contributed by atoms with E-state index in [-0.39, 0.29) is 10.9 Å². The Bertz CT molecular complexity index is 1440. The number of benzene rings is 3. The molecule has 180 valence electrons. The third-order valence-electron chi connectivity index (χ3n) is 5.55. The Morgan fingerprint density at radius 1 is 0.971 bits per heavy atom. The average molecular weight is 496 g/mol. The molecular formula is C27H23ClFNO5. The molecule has 1 aromatic heterocycles. The van der Waals surface area contributed by atoms with Gasteiger partial charge in [0.1, 0.15) is 17.1 Å². The highest BCUT2D eigenvalue weighted by molar-refractivity contribution is 6.31. The van der Waals surface area contributed by atoms with Crippen molar-refractivity contribution in [3.63, 3.8) is 0 Å². The number of fused-ring (bicyclic) bond motifs is 1. The van der Waals surface area contributed by atoms with Gasteiger partial charge in [-0.05, 0) is 54.5 Å². The second-order valence-electron chi connectivity index (χ2n) is 7.71. The van der Waals surface area contributed by atoms with Crippen molar-refractivity contribution in [2.75, 3.05) is 26.6 Å². The fraction of sp³-hybridized carbons (Fsp3) is 0.148. The Balaban J connectivity index is 1.71. The maximum atomic E-state index is 13.4. The van der Waals surface area contributed by atoms with Crippen LogP contribution in [0.25, 0.3) is 27.7 Å². The van der Waals surface area contributed by atoms with Crippen LogP contribution in [0.2, 0.25) is 5.02 Å². The SMILES string of the molecule is COc1ccc(-c2coc3cc(OC)c(/C(C)=C/C(=O)Nc4ccc(F)c(Cl)c4)cc23)cc1OC. The number of ether oxygens (including phenoxy) is 3. The molecule has 6 nitrogen and oxygen atoms in total. The van der Waals surface area contributed by atoms with Crippen LogP contribution in [-0.4, -0.2) is 27.2 Å². The van der Waals surface area contributed by atoms with Gasteiger partial charge >= 0.3 is 0 Å². The summed E-state index contributed by atoms with van der Waals surface area (Å²) < 4.78 is 35.5. The van der Waals surface area contributed by atoms with Crippen molar-refractivity contribution < 1.29 is 27.8 Å². The lowest BCUT2D eigenvalue weighted by Gasteiger charge is -2.11. The van der Waals surface area contributed by atoms with Gasteiger partial charge in [-0.2, -0.15) is 0 Å². The van der Waals surface area contributed by atoms with Crippen LogP contribution in [-0.2, 0) is 4.79 Å². The second-order valence-corrected chi connectivity index (χ2v) is 8.12. The lowest BCUT2D eigenvalue weighted by atomic mass is 9.99. The molecule has 3 aromatic carbocycles. The molecule has 0 unspecified atom stereocenters. The lowest BCUT2D eigenvalue weighted by Crippen LogP contribution is -2.08. The van der Waals surface area contributed by atoms with Crippen LogP contribution in [0, 0.1) is 5.82 Å². The van der Waals surface area contributed by atoms with Crippen molar-refractivity contribution in [2.45, 2.75) is 6.92 Å². The Kier molecular flexibility index (Phi) is 6.98. The number of amides is 1. The molecule has 0 radical (unpaired) electrons. The molecule has 0 saturated carbocycles. The van der Waals surface area contributed by atoms with Gasteiger partial charge in [-0.25, -0.2) is 4.39 Å². The highest BCUT2D eigenvalue weighted by Crippen LogP contribution is 2.39. The zero-order valence-electron chi connectivity index (χ0n) is 19.6. The Morgan fingerprint density at radius 3 is 2.40 bits per heavy atom. The first-order chi connectivity index (χ1) is 16.8. The number of nitrogens with one attached hydrogen (secondary N) is 1. The van der Waals surface area contributed by atoms with Crippen molar-refractivity contribution in [3.05, 3.63) is 77.3 Å². The fourth-order valence-electron chi connectivity index (χ4n) is 3.79. The predicted octanol–water partition coefficient (Wildman–Crippen LogP) is 6.96. The van der Waals surface area contributed by atoms with Crippen LogP contribution < -0.4 is 19.5 Å². The molecule has 0 spiro atoms. The molecule has 4 aromatic rings. The van der Waals surface area contributed by atoms with Gasteiger partial charge in [0.25, 0.3) is 0 Å². The summed E-state index contributed by atoms with van der Waals surface area (Å²) >= 11 is 5.80. The van der Waals surface area contributed by atoms with Crippen molar-refractivity contribution in [2.24, 2.45) is 0 Å². The molecule has 1 heterocycles. The minimum absolute atomic E-state index is 0.0710. The summed E-state index contributed by atoms with van der Waals surface area (Å²) in [5, 5.41) is 3.46. The third kappa shape index (κ3) is 4.95. The van der Waals surface area contributed by atoms with Crippen LogP contribution in [0.4, 0.5) is 10.1 Å². The summed E-state index contributed by atoms with van der Waals surface area (Å²) in [5.74, 6) is 0.830. The Morgan fingerprint density at radius 2 is 1.71 bits per heavy atom. The standard InChI is InChI=1S/C27H23ClFNO5/c1-15(9-27(31)30-17-6-7-22(29)21(28)11-17)18-12-19-20(14-35-25(19)13-24(18)33-3)16-5-8-23(32-2)26(10-16)34-4/h5-14H,1-4H3,(H,30,31)/b15-9+. The van der Waals surface area contributed by atoms with Crippen molar-refractivity contribution in [1.29, 1.82) is 0 Å². The topological polar surface area (TPSA) is 69.9 Å². The molecule has 8 heteroatoms. The Hall–Kier alpha value is -3.97. The lowest BCUT2D eigenvalue weighted by molar-refractivity contribution is -0.111. The van der Waals surface area contributed by atoms with Crippen molar-refractivity contribution in [3.8, 4) is 28.4 Å². The van der Waals surface area contributed by atoms with E-state index < -0.39 is 5.82 Å². The molecule has 0 aliphatic rings. The van der Waals surface area contributed by atoms with Crippen molar-refractivity contribution in [1.82, 2.24) is 0 Å². The molecule has 4 rings (SSSR count). The van der Waals surface area contributed by atoms with E-state index in [9.17, 15) is 9.18 Å². The zero-order valence-corrected chi connectivity index (χ0v) is 20.3. The summed E-state index contributed by atoms with van der Waals surface area (Å²) in [6.45, 7) is 1.80. The number of hydrogen-bond acceptors (Lipinski definition) is 5. The highest BCUT2D eigenvalue weighted by Gasteiger charge is 2.16. The molecule has 0 bridgehead atoms. The van der Waals surface area contributed by atoms with E-state index in [1.54, 1.807) is 40.6 Å². The van der Waals surface area contributed by atoms with Gasteiger partial charge in [0, 0.05) is 34.3 Å². The number of carbonyl (C=O) groups excluding carboxylic acids is 1. The number of halogens is 2. The smallest absolute Gasteiger partial charge is 0.248 e. The maximum absolute atomic E-state index is 13.4. The molecule has 0 aliphatic carbocycles. The number of hydrogen-bond donors (Lipinski definition) is 1. The molecule has 35 heavy (non-hydrogen) atoms. The Labute approximate surface area is 206 Å². The first kappa shape index (κ1) is 24.2. The van der Waals surface area contributed by atoms with E-state index in [0.717, 1.165) is 22.1 Å². The summed E-state index contributed by atoms with van der Waals surface area (Å²) in [6.07, 6.45) is 3.11. The monoisotopic (exact) mass is 495 g/mol. The van der Waals surface area contributed by atoms with Crippen LogP contribution in [0.3, 0.4) is 0 Å². The largest absolute Gasteiger partial charge is 0.496 e. The third-order valence-corrected chi connectivity index (χ3v) is 5.84. The van der Waals surface area contributed by atoms with E-state index >= 15 is 0 Å². The summed E-state index contributed by atoms with van der Waals surface area (Å²) in [4.78, 5) is 12.6. The minimum atomic E-state index is -0.556. The summed E-state index contributed by atoms with van der Waals surface area (Å²) in [7, 11) is 4.72. The predicted molar refractivity (Wildman–Crippen MR) is 135 cm³/mol. The molecule has 0 aliphatic heterocycles. The van der Waals surface area contributed by atoms with Crippen molar-refractivity contribution >= 4 is 39.7 Å². The quantitative estimate of drug-likeness (QED) is 0.281. The number of carbonyl (C=O) groups is 1. The maximum Gasteiger partial charge on any atom is 0.248 e. The molecular weight excluding hydrogens is 473 g/mol. The van der Waals surface area contributed by atoms with Gasteiger partial charge in [0.05, 0.1) is 32.6 Å². The highest BCUT2D eigenvalue weighted by atomic mass is 35.5. The van der Waals surface area contributed by atoms with E-state index in [2.05, 4.69) is 5.32 Å². The number of furan rings is 1. The molecule has 0 atom stereocenters. The molecule has 0 fully saturated rings. The van der Waals surface area contributed by atoms with Crippen LogP contribution in [0.1, 0.15) is 12.5 Å². The first-order valence-corrected chi connectivity index (χ1v) is 11.0. The zero-order chi connectivity index (χ0) is 25.1. The molecule has 1 N–H and O–H groups in total. The van der Waals surface area contributed by atoms with E-state index in [1.165, 1.54) is 24.3 Å². The van der Waals surface area contributed by atoms with Gasteiger partial charge < -0.3 is 23.9 Å². The summed E-state index contributed by atoms with van der Waals surface area (Å²) in [5.41, 5.74) is 4.13. The second kappa shape index (κ2) is 10.1. The number of anilines is 1. The number of methoxy groups -OCH3 is 3. The van der Waals surface area contributed by atoms with Crippen LogP contribution in [0.5, 0.6) is 17.2 Å².